The Balaban J connectivity index is 0.00000182. The molecule has 0 saturated carbocycles. The number of halogens is 2. The largest absolute Gasteiger partial charge is 0.493 e. The van der Waals surface area contributed by atoms with Crippen LogP contribution >= 0.6 is 24.8 Å². The molecule has 2 aromatic rings. The van der Waals surface area contributed by atoms with Crippen molar-refractivity contribution in [3.05, 3.63) is 48.3 Å². The first kappa shape index (κ1) is 23.0. The molecule has 1 atom stereocenters. The molecule has 0 bridgehead atoms. The van der Waals surface area contributed by atoms with Crippen molar-refractivity contribution in [3.63, 3.8) is 0 Å². The number of pyridine rings is 1. The average molecular weight is 414 g/mol. The molecule has 27 heavy (non-hydrogen) atoms. The summed E-state index contributed by atoms with van der Waals surface area (Å²) < 4.78 is 11.2. The van der Waals surface area contributed by atoms with Crippen LogP contribution in [0.15, 0.2) is 42.7 Å². The van der Waals surface area contributed by atoms with Crippen molar-refractivity contribution in [2.45, 2.75) is 13.5 Å². The van der Waals surface area contributed by atoms with Gasteiger partial charge in [-0.05, 0) is 48.8 Å². The highest BCUT2D eigenvalue weighted by Crippen LogP contribution is 2.31. The summed E-state index contributed by atoms with van der Waals surface area (Å²) in [4.78, 5) is 16.4. The Kier molecular flexibility index (Phi) is 9.35. The van der Waals surface area contributed by atoms with Gasteiger partial charge in [0.1, 0.15) is 6.61 Å². The summed E-state index contributed by atoms with van der Waals surface area (Å²) in [6, 6.07) is 9.21. The zero-order valence-corrected chi connectivity index (χ0v) is 16.9. The van der Waals surface area contributed by atoms with Crippen LogP contribution in [-0.4, -0.2) is 31.1 Å². The smallest absolute Gasteiger partial charge is 0.227 e. The number of methoxy groups -OCH3 is 1. The number of benzene rings is 1. The molecule has 1 aliphatic rings. The van der Waals surface area contributed by atoms with Gasteiger partial charge < -0.3 is 20.1 Å². The molecule has 1 aromatic carbocycles. The molecule has 1 unspecified atom stereocenters. The third kappa shape index (κ3) is 5.99. The Labute approximate surface area is 171 Å². The van der Waals surface area contributed by atoms with Gasteiger partial charge in [-0.3, -0.25) is 9.78 Å². The second-order valence-corrected chi connectivity index (χ2v) is 6.21. The van der Waals surface area contributed by atoms with Crippen LogP contribution < -0.4 is 20.1 Å². The number of nitrogens with zero attached hydrogens (tertiary/aromatic N) is 1. The minimum absolute atomic E-state index is 0. The van der Waals surface area contributed by atoms with Gasteiger partial charge in [-0.15, -0.1) is 24.8 Å². The fourth-order valence-corrected chi connectivity index (χ4v) is 2.64. The van der Waals surface area contributed by atoms with E-state index in [-0.39, 0.29) is 36.6 Å². The topological polar surface area (TPSA) is 72.5 Å². The fraction of sp³-hybridized carbons (Fsp3) is 0.368. The molecule has 0 aliphatic carbocycles. The number of aromatic nitrogens is 1. The molecule has 8 heteroatoms. The van der Waals surface area contributed by atoms with E-state index in [4.69, 9.17) is 9.47 Å². The maximum absolute atomic E-state index is 12.4. The lowest BCUT2D eigenvalue weighted by Gasteiger charge is -2.31. The van der Waals surface area contributed by atoms with Crippen molar-refractivity contribution in [1.82, 2.24) is 10.3 Å². The molecule has 1 saturated heterocycles. The zero-order valence-electron chi connectivity index (χ0n) is 15.3. The summed E-state index contributed by atoms with van der Waals surface area (Å²) in [7, 11) is 1.60. The van der Waals surface area contributed by atoms with Crippen molar-refractivity contribution < 1.29 is 14.3 Å². The van der Waals surface area contributed by atoms with Gasteiger partial charge in [0, 0.05) is 30.1 Å². The molecule has 1 aromatic heterocycles. The molecule has 0 radical (unpaired) electrons. The second-order valence-electron chi connectivity index (χ2n) is 6.21. The molecule has 1 amide bonds. The zero-order chi connectivity index (χ0) is 17.6. The normalized spacial score (nSPS) is 14.0. The van der Waals surface area contributed by atoms with Gasteiger partial charge in [0.05, 0.1) is 7.11 Å². The first-order chi connectivity index (χ1) is 12.2. The Bertz CT molecular complexity index is 727. The predicted molar refractivity (Wildman–Crippen MR) is 110 cm³/mol. The van der Waals surface area contributed by atoms with Crippen LogP contribution in [0.2, 0.25) is 0 Å². The van der Waals surface area contributed by atoms with E-state index in [9.17, 15) is 4.79 Å². The second kappa shape index (κ2) is 11.0. The number of ether oxygens (including phenoxy) is 2. The molecular weight excluding hydrogens is 389 g/mol. The number of nitrogens with one attached hydrogen (secondary N) is 2. The highest BCUT2D eigenvalue weighted by molar-refractivity contribution is 5.93. The van der Waals surface area contributed by atoms with Crippen LogP contribution in [0.1, 0.15) is 12.5 Å². The average Bonchev–Trinajstić information content (AvgIpc) is 2.59. The van der Waals surface area contributed by atoms with E-state index in [2.05, 4.69) is 15.6 Å². The fourth-order valence-electron chi connectivity index (χ4n) is 2.64. The standard InChI is InChI=1S/C19H23N3O3.2ClH/c1-13(15-10-21-11-15)19(23)22-16-3-4-17(24-2)18(9-16)25-12-14-5-7-20-8-6-14;;/h3-9,13,15,21H,10-12H2,1-2H3,(H,22,23);2*1H. The SMILES string of the molecule is COc1ccc(NC(=O)C(C)C2CNC2)cc1OCc1ccncc1.Cl.Cl. The van der Waals surface area contributed by atoms with Crippen molar-refractivity contribution >= 4 is 36.4 Å². The number of hydrogen-bond acceptors (Lipinski definition) is 5. The Morgan fingerprint density at radius 3 is 2.52 bits per heavy atom. The van der Waals surface area contributed by atoms with Crippen LogP contribution in [0.4, 0.5) is 5.69 Å². The Hall–Kier alpha value is -2.02. The van der Waals surface area contributed by atoms with Gasteiger partial charge in [-0.1, -0.05) is 6.92 Å². The maximum atomic E-state index is 12.4. The van der Waals surface area contributed by atoms with E-state index in [1.165, 1.54) is 0 Å². The summed E-state index contributed by atoms with van der Waals surface area (Å²) in [5.74, 6) is 1.63. The number of carbonyl (C=O) groups excluding carboxylic acids is 1. The highest BCUT2D eigenvalue weighted by Gasteiger charge is 2.28. The van der Waals surface area contributed by atoms with Gasteiger partial charge in [-0.25, -0.2) is 0 Å². The lowest BCUT2D eigenvalue weighted by molar-refractivity contribution is -0.121. The number of hydrogen-bond donors (Lipinski definition) is 2. The van der Waals surface area contributed by atoms with E-state index in [0.717, 1.165) is 18.7 Å². The van der Waals surface area contributed by atoms with E-state index >= 15 is 0 Å². The van der Waals surface area contributed by atoms with Gasteiger partial charge in [0.25, 0.3) is 0 Å². The van der Waals surface area contributed by atoms with Crippen LogP contribution in [0, 0.1) is 11.8 Å². The number of rotatable bonds is 7. The first-order valence-electron chi connectivity index (χ1n) is 8.38. The minimum atomic E-state index is -0.0236. The summed E-state index contributed by atoms with van der Waals surface area (Å²) in [6.45, 7) is 4.17. The molecule has 6 nitrogen and oxygen atoms in total. The van der Waals surface area contributed by atoms with Crippen molar-refractivity contribution in [3.8, 4) is 11.5 Å². The van der Waals surface area contributed by atoms with Gasteiger partial charge in [0.15, 0.2) is 11.5 Å². The lowest BCUT2D eigenvalue weighted by atomic mass is 9.88. The maximum Gasteiger partial charge on any atom is 0.227 e. The monoisotopic (exact) mass is 413 g/mol. The summed E-state index contributed by atoms with van der Waals surface area (Å²) in [5.41, 5.74) is 1.72. The highest BCUT2D eigenvalue weighted by atomic mass is 35.5. The molecule has 0 spiro atoms. The Morgan fingerprint density at radius 1 is 1.22 bits per heavy atom. The third-order valence-electron chi connectivity index (χ3n) is 4.51. The third-order valence-corrected chi connectivity index (χ3v) is 4.51. The number of carbonyl (C=O) groups is 1. The van der Waals surface area contributed by atoms with Crippen LogP contribution in [0.3, 0.4) is 0 Å². The molecule has 148 valence electrons. The van der Waals surface area contributed by atoms with E-state index in [1.807, 2.05) is 25.1 Å². The van der Waals surface area contributed by atoms with Crippen molar-refractivity contribution in [2.24, 2.45) is 11.8 Å². The van der Waals surface area contributed by atoms with E-state index in [1.54, 1.807) is 31.6 Å². The van der Waals surface area contributed by atoms with E-state index in [0.29, 0.717) is 29.7 Å². The summed E-state index contributed by atoms with van der Waals surface area (Å²) in [5, 5.41) is 6.16. The van der Waals surface area contributed by atoms with Gasteiger partial charge >= 0.3 is 0 Å². The predicted octanol–water partition coefficient (Wildman–Crippen LogP) is 3.31. The number of anilines is 1. The van der Waals surface area contributed by atoms with Gasteiger partial charge in [-0.2, -0.15) is 0 Å². The molecule has 2 heterocycles. The van der Waals surface area contributed by atoms with Crippen LogP contribution in [0.25, 0.3) is 0 Å². The molecule has 3 rings (SSSR count). The number of amides is 1. The van der Waals surface area contributed by atoms with Crippen LogP contribution in [-0.2, 0) is 11.4 Å². The van der Waals surface area contributed by atoms with Crippen molar-refractivity contribution in [1.29, 1.82) is 0 Å². The summed E-state index contributed by atoms with van der Waals surface area (Å²) >= 11 is 0. The van der Waals surface area contributed by atoms with Crippen molar-refractivity contribution in [2.75, 3.05) is 25.5 Å². The van der Waals surface area contributed by atoms with Gasteiger partial charge in [0.2, 0.25) is 5.91 Å². The summed E-state index contributed by atoms with van der Waals surface area (Å²) in [6.07, 6.45) is 3.45. The van der Waals surface area contributed by atoms with E-state index < -0.39 is 0 Å². The lowest BCUT2D eigenvalue weighted by Crippen LogP contribution is -2.48. The Morgan fingerprint density at radius 2 is 1.93 bits per heavy atom. The molecule has 1 aliphatic heterocycles. The van der Waals surface area contributed by atoms with Crippen LogP contribution in [0.5, 0.6) is 11.5 Å². The molecular formula is C19H25Cl2N3O3. The molecule has 2 N–H and O–H groups in total. The quantitative estimate of drug-likeness (QED) is 0.728. The molecule has 1 fully saturated rings. The first-order valence-corrected chi connectivity index (χ1v) is 8.38. The minimum Gasteiger partial charge on any atom is -0.493 e.